The van der Waals surface area contributed by atoms with Crippen LogP contribution in [0.3, 0.4) is 0 Å². The predicted molar refractivity (Wildman–Crippen MR) is 81.5 cm³/mol. The Kier molecular flexibility index (Phi) is 4.32. The smallest absolute Gasteiger partial charge is 0.273 e. The van der Waals surface area contributed by atoms with Gasteiger partial charge < -0.3 is 10.8 Å². The van der Waals surface area contributed by atoms with Gasteiger partial charge in [-0.3, -0.25) is 4.31 Å². The van der Waals surface area contributed by atoms with Crippen molar-refractivity contribution in [3.05, 3.63) is 41.3 Å². The second-order valence-electron chi connectivity index (χ2n) is 4.22. The van der Waals surface area contributed by atoms with E-state index in [1.807, 2.05) is 6.92 Å². The van der Waals surface area contributed by atoms with E-state index in [0.717, 1.165) is 9.18 Å². The minimum atomic E-state index is -3.71. The van der Waals surface area contributed by atoms with Gasteiger partial charge in [-0.1, -0.05) is 12.1 Å². The molecule has 0 saturated carbocycles. The largest absolute Gasteiger partial charge is 0.397 e. The average Bonchev–Trinajstić information content (AvgIpc) is 2.84. The lowest BCUT2D eigenvalue weighted by molar-refractivity contribution is 0.307. The van der Waals surface area contributed by atoms with E-state index in [9.17, 15) is 8.42 Å². The van der Waals surface area contributed by atoms with Gasteiger partial charge in [-0.25, -0.2) is 8.42 Å². The summed E-state index contributed by atoms with van der Waals surface area (Å²) in [4.78, 5) is 0.911. The minimum absolute atomic E-state index is 0.0342. The summed E-state index contributed by atoms with van der Waals surface area (Å²) in [5, 5.41) is 9.16. The first kappa shape index (κ1) is 14.8. The van der Waals surface area contributed by atoms with E-state index in [1.165, 1.54) is 11.3 Å². The molecule has 0 aliphatic rings. The van der Waals surface area contributed by atoms with Crippen molar-refractivity contribution >= 4 is 32.7 Å². The van der Waals surface area contributed by atoms with Gasteiger partial charge in [-0.15, -0.1) is 11.3 Å². The maximum atomic E-state index is 12.7. The molecule has 108 valence electrons. The van der Waals surface area contributed by atoms with Crippen LogP contribution < -0.4 is 10.0 Å². The number of hydrogen-bond donors (Lipinski definition) is 2. The van der Waals surface area contributed by atoms with Crippen molar-refractivity contribution in [2.75, 3.05) is 23.2 Å². The molecule has 20 heavy (non-hydrogen) atoms. The molecule has 0 saturated heterocycles. The maximum absolute atomic E-state index is 12.7. The molecule has 1 aromatic carbocycles. The Labute approximate surface area is 122 Å². The summed E-state index contributed by atoms with van der Waals surface area (Å²) in [6, 6.07) is 10.0. The lowest BCUT2D eigenvalue weighted by Crippen LogP contribution is -2.33. The molecule has 0 bridgehead atoms. The molecule has 0 spiro atoms. The maximum Gasteiger partial charge on any atom is 0.273 e. The predicted octanol–water partition coefficient (Wildman–Crippen LogP) is 1.83. The summed E-state index contributed by atoms with van der Waals surface area (Å²) in [5.41, 5.74) is 6.59. The number of para-hydroxylation sites is 2. The average molecular weight is 312 g/mol. The van der Waals surface area contributed by atoms with Crippen molar-refractivity contribution in [1.29, 1.82) is 0 Å². The summed E-state index contributed by atoms with van der Waals surface area (Å²) in [6.45, 7) is 1.53. The lowest BCUT2D eigenvalue weighted by Gasteiger charge is -2.24. The second-order valence-corrected chi connectivity index (χ2v) is 7.60. The van der Waals surface area contributed by atoms with Crippen molar-refractivity contribution in [2.45, 2.75) is 11.1 Å². The molecule has 0 amide bonds. The number of nitrogens with zero attached hydrogens (tertiary/aromatic N) is 1. The molecule has 0 fully saturated rings. The monoisotopic (exact) mass is 312 g/mol. The highest BCUT2D eigenvalue weighted by Crippen LogP contribution is 2.31. The Hall–Kier alpha value is -1.57. The van der Waals surface area contributed by atoms with E-state index in [2.05, 4.69) is 0 Å². The van der Waals surface area contributed by atoms with Gasteiger partial charge in [0.1, 0.15) is 4.21 Å². The molecule has 0 radical (unpaired) electrons. The number of aryl methyl sites for hydroxylation is 1. The zero-order valence-electron chi connectivity index (χ0n) is 11.0. The number of rotatable bonds is 5. The van der Waals surface area contributed by atoms with Crippen LogP contribution in [-0.2, 0) is 10.0 Å². The first-order chi connectivity index (χ1) is 9.46. The standard InChI is InChI=1S/C13H16N2O3S2/c1-10-6-7-13(19-10)20(17,18)15(8-9-16)12-5-3-2-4-11(12)14/h2-7,16H,8-9,14H2,1H3. The van der Waals surface area contributed by atoms with Crippen LogP contribution in [0.4, 0.5) is 11.4 Å². The van der Waals surface area contributed by atoms with Gasteiger partial charge in [0.2, 0.25) is 0 Å². The molecule has 2 aromatic rings. The van der Waals surface area contributed by atoms with Crippen LogP contribution in [0.5, 0.6) is 0 Å². The van der Waals surface area contributed by atoms with E-state index >= 15 is 0 Å². The summed E-state index contributed by atoms with van der Waals surface area (Å²) in [5.74, 6) is 0. The van der Waals surface area contributed by atoms with Crippen molar-refractivity contribution in [3.8, 4) is 0 Å². The normalized spacial score (nSPS) is 11.5. The third kappa shape index (κ3) is 2.79. The number of anilines is 2. The summed E-state index contributed by atoms with van der Waals surface area (Å²) < 4.78 is 26.7. The van der Waals surface area contributed by atoms with Crippen LogP contribution in [0.15, 0.2) is 40.6 Å². The van der Waals surface area contributed by atoms with Crippen LogP contribution in [0.1, 0.15) is 4.88 Å². The molecule has 1 heterocycles. The van der Waals surface area contributed by atoms with Gasteiger partial charge in [-0.05, 0) is 31.2 Å². The lowest BCUT2D eigenvalue weighted by atomic mass is 10.3. The number of nitrogen functional groups attached to an aromatic ring is 1. The summed E-state index contributed by atoms with van der Waals surface area (Å²) in [6.07, 6.45) is 0. The SMILES string of the molecule is Cc1ccc(S(=O)(=O)N(CCO)c2ccccc2N)s1. The Balaban J connectivity index is 2.51. The Morgan fingerprint density at radius 1 is 1.25 bits per heavy atom. The van der Waals surface area contributed by atoms with Crippen LogP contribution in [-0.4, -0.2) is 26.7 Å². The molecular formula is C13H16N2O3S2. The van der Waals surface area contributed by atoms with E-state index in [4.69, 9.17) is 10.8 Å². The summed E-state index contributed by atoms with van der Waals surface area (Å²) >= 11 is 1.20. The molecule has 1 aromatic heterocycles. The molecule has 0 unspecified atom stereocenters. The van der Waals surface area contributed by atoms with Crippen LogP contribution in [0.25, 0.3) is 0 Å². The van der Waals surface area contributed by atoms with Crippen LogP contribution >= 0.6 is 11.3 Å². The highest BCUT2D eigenvalue weighted by molar-refractivity contribution is 7.94. The topological polar surface area (TPSA) is 83.6 Å². The fourth-order valence-corrected chi connectivity index (χ4v) is 4.71. The Bertz CT molecular complexity index is 695. The quantitative estimate of drug-likeness (QED) is 0.825. The molecule has 3 N–H and O–H groups in total. The summed E-state index contributed by atoms with van der Waals surface area (Å²) in [7, 11) is -3.71. The van der Waals surface area contributed by atoms with Crippen LogP contribution in [0.2, 0.25) is 0 Å². The minimum Gasteiger partial charge on any atom is -0.397 e. The highest BCUT2D eigenvalue weighted by Gasteiger charge is 2.27. The number of benzene rings is 1. The fourth-order valence-electron chi connectivity index (χ4n) is 1.83. The number of sulfonamides is 1. The molecule has 5 nitrogen and oxygen atoms in total. The van der Waals surface area contributed by atoms with Gasteiger partial charge in [0.25, 0.3) is 10.0 Å². The molecular weight excluding hydrogens is 296 g/mol. The zero-order chi connectivity index (χ0) is 14.8. The molecule has 0 atom stereocenters. The van der Waals surface area contributed by atoms with Crippen molar-refractivity contribution in [3.63, 3.8) is 0 Å². The van der Waals surface area contributed by atoms with Gasteiger partial charge >= 0.3 is 0 Å². The molecule has 2 rings (SSSR count). The molecule has 7 heteroatoms. The zero-order valence-corrected chi connectivity index (χ0v) is 12.6. The van der Waals surface area contributed by atoms with Gasteiger partial charge in [0.05, 0.1) is 24.5 Å². The van der Waals surface area contributed by atoms with E-state index in [0.29, 0.717) is 11.4 Å². The number of aliphatic hydroxyl groups is 1. The van der Waals surface area contributed by atoms with Gasteiger partial charge in [-0.2, -0.15) is 0 Å². The molecule has 0 aliphatic heterocycles. The third-order valence-electron chi connectivity index (χ3n) is 2.77. The third-order valence-corrected chi connectivity index (χ3v) is 6.05. The van der Waals surface area contributed by atoms with Crippen molar-refractivity contribution in [2.24, 2.45) is 0 Å². The number of aliphatic hydroxyl groups excluding tert-OH is 1. The first-order valence-corrected chi connectivity index (χ1v) is 8.27. The van der Waals surface area contributed by atoms with Crippen molar-refractivity contribution < 1.29 is 13.5 Å². The fraction of sp³-hybridized carbons (Fsp3) is 0.231. The number of thiophene rings is 1. The highest BCUT2D eigenvalue weighted by atomic mass is 32.2. The van der Waals surface area contributed by atoms with E-state index in [1.54, 1.807) is 36.4 Å². The van der Waals surface area contributed by atoms with Gasteiger partial charge in [0.15, 0.2) is 0 Å². The van der Waals surface area contributed by atoms with E-state index in [-0.39, 0.29) is 17.4 Å². The van der Waals surface area contributed by atoms with Gasteiger partial charge in [0, 0.05) is 4.88 Å². The first-order valence-electron chi connectivity index (χ1n) is 6.01. The molecule has 0 aliphatic carbocycles. The second kappa shape index (κ2) is 5.82. The Morgan fingerprint density at radius 3 is 2.50 bits per heavy atom. The number of hydrogen-bond acceptors (Lipinski definition) is 5. The number of nitrogens with two attached hydrogens (primary N) is 1. The Morgan fingerprint density at radius 2 is 1.95 bits per heavy atom. The van der Waals surface area contributed by atoms with Crippen LogP contribution in [0, 0.1) is 6.92 Å². The van der Waals surface area contributed by atoms with Crippen molar-refractivity contribution in [1.82, 2.24) is 0 Å². The van der Waals surface area contributed by atoms with E-state index < -0.39 is 10.0 Å².